The molecular formula is C14H17N5O5. The third-order valence-corrected chi connectivity index (χ3v) is 4.57. The molecule has 1 aliphatic rings. The summed E-state index contributed by atoms with van der Waals surface area (Å²) in [5, 5.41) is 29.3. The average molecular weight is 335 g/mol. The molecule has 4 unspecified atom stereocenters. The van der Waals surface area contributed by atoms with Crippen LogP contribution in [0.5, 0.6) is 0 Å². The molecule has 0 aromatic carbocycles. The molecular weight excluding hydrogens is 318 g/mol. The number of hydrogen-bond donors (Lipinski definition) is 4. The minimum absolute atomic E-state index is 0.132. The second kappa shape index (κ2) is 5.11. The van der Waals surface area contributed by atoms with E-state index in [1.54, 1.807) is 6.92 Å². The van der Waals surface area contributed by atoms with Crippen LogP contribution >= 0.6 is 0 Å². The van der Waals surface area contributed by atoms with Gasteiger partial charge in [0, 0.05) is 11.4 Å². The summed E-state index contributed by atoms with van der Waals surface area (Å²) >= 11 is 0. The fraction of sp³-hybridized carbons (Fsp3) is 0.500. The van der Waals surface area contributed by atoms with Crippen molar-refractivity contribution >= 4 is 16.9 Å². The summed E-state index contributed by atoms with van der Waals surface area (Å²) in [6, 6.07) is 0. The largest absolute Gasteiger partial charge is 0.394 e. The SMILES string of the molecule is Cc1[nH]c2nc3c(ncn3C3OC(CO)C(O)C3O)c(=O)n2c1C. The number of H-pyrrole nitrogens is 1. The Bertz CT molecular complexity index is 989. The molecule has 3 aromatic heterocycles. The molecule has 0 amide bonds. The second-order valence-electron chi connectivity index (χ2n) is 5.96. The zero-order valence-electron chi connectivity index (χ0n) is 13.0. The highest BCUT2D eigenvalue weighted by Crippen LogP contribution is 2.30. The molecule has 128 valence electrons. The van der Waals surface area contributed by atoms with E-state index in [4.69, 9.17) is 4.74 Å². The fourth-order valence-corrected chi connectivity index (χ4v) is 3.09. The van der Waals surface area contributed by atoms with Crippen LogP contribution in [0.15, 0.2) is 11.1 Å². The Morgan fingerprint density at radius 1 is 1.33 bits per heavy atom. The maximum absolute atomic E-state index is 12.7. The van der Waals surface area contributed by atoms with Crippen molar-refractivity contribution in [2.75, 3.05) is 6.61 Å². The van der Waals surface area contributed by atoms with Crippen molar-refractivity contribution in [3.8, 4) is 0 Å². The van der Waals surface area contributed by atoms with E-state index in [2.05, 4.69) is 15.0 Å². The lowest BCUT2D eigenvalue weighted by molar-refractivity contribution is -0.0511. The third-order valence-electron chi connectivity index (χ3n) is 4.57. The Kier molecular flexibility index (Phi) is 3.25. The molecule has 4 rings (SSSR count). The number of imidazole rings is 2. The molecule has 24 heavy (non-hydrogen) atoms. The highest BCUT2D eigenvalue weighted by molar-refractivity contribution is 5.72. The third kappa shape index (κ3) is 1.88. The minimum atomic E-state index is -1.27. The van der Waals surface area contributed by atoms with E-state index in [1.807, 2.05) is 6.92 Å². The summed E-state index contributed by atoms with van der Waals surface area (Å²) in [5.74, 6) is 0.357. The molecule has 1 saturated heterocycles. The van der Waals surface area contributed by atoms with Crippen LogP contribution in [-0.4, -0.2) is 64.2 Å². The van der Waals surface area contributed by atoms with Crippen molar-refractivity contribution in [3.63, 3.8) is 0 Å². The maximum atomic E-state index is 12.7. The normalized spacial score (nSPS) is 27.5. The summed E-state index contributed by atoms with van der Waals surface area (Å²) in [6.07, 6.45) is -3.08. The van der Waals surface area contributed by atoms with E-state index in [-0.39, 0.29) is 16.7 Å². The summed E-state index contributed by atoms with van der Waals surface area (Å²) in [6.45, 7) is 3.20. The zero-order valence-corrected chi connectivity index (χ0v) is 13.0. The minimum Gasteiger partial charge on any atom is -0.394 e. The molecule has 10 nitrogen and oxygen atoms in total. The summed E-state index contributed by atoms with van der Waals surface area (Å²) in [4.78, 5) is 24.2. The van der Waals surface area contributed by atoms with Gasteiger partial charge in [0.1, 0.15) is 18.3 Å². The van der Waals surface area contributed by atoms with E-state index in [1.165, 1.54) is 15.3 Å². The Hall–Kier alpha value is -2.27. The van der Waals surface area contributed by atoms with Gasteiger partial charge in [-0.1, -0.05) is 0 Å². The number of aromatic nitrogens is 5. The van der Waals surface area contributed by atoms with Crippen LogP contribution in [0.4, 0.5) is 0 Å². The number of aromatic amines is 1. The first-order valence-corrected chi connectivity index (χ1v) is 7.51. The Labute approximate surface area is 135 Å². The molecule has 1 aliphatic heterocycles. The van der Waals surface area contributed by atoms with Crippen molar-refractivity contribution < 1.29 is 20.1 Å². The molecule has 1 fully saturated rings. The van der Waals surface area contributed by atoms with Gasteiger partial charge >= 0.3 is 0 Å². The van der Waals surface area contributed by atoms with Crippen molar-refractivity contribution in [2.45, 2.75) is 38.4 Å². The topological polar surface area (TPSA) is 138 Å². The summed E-state index contributed by atoms with van der Waals surface area (Å²) < 4.78 is 8.31. The van der Waals surface area contributed by atoms with Crippen LogP contribution in [0, 0.1) is 13.8 Å². The number of nitrogens with zero attached hydrogens (tertiary/aromatic N) is 4. The van der Waals surface area contributed by atoms with Crippen LogP contribution in [-0.2, 0) is 4.74 Å². The Morgan fingerprint density at radius 3 is 2.75 bits per heavy atom. The quantitative estimate of drug-likeness (QED) is 0.452. The van der Waals surface area contributed by atoms with Gasteiger partial charge in [0.25, 0.3) is 5.56 Å². The predicted molar refractivity (Wildman–Crippen MR) is 81.6 cm³/mol. The van der Waals surface area contributed by atoms with E-state index in [0.717, 1.165) is 11.4 Å². The lowest BCUT2D eigenvalue weighted by atomic mass is 10.1. The van der Waals surface area contributed by atoms with Crippen molar-refractivity contribution in [2.24, 2.45) is 0 Å². The number of fused-ring (bicyclic) bond motifs is 2. The number of aliphatic hydroxyl groups is 3. The molecule has 0 aliphatic carbocycles. The highest BCUT2D eigenvalue weighted by Gasteiger charge is 2.44. The fourth-order valence-electron chi connectivity index (χ4n) is 3.09. The molecule has 0 radical (unpaired) electrons. The first-order valence-electron chi connectivity index (χ1n) is 7.51. The van der Waals surface area contributed by atoms with Crippen LogP contribution in [0.25, 0.3) is 16.9 Å². The van der Waals surface area contributed by atoms with Gasteiger partial charge in [-0.3, -0.25) is 9.36 Å². The van der Waals surface area contributed by atoms with Gasteiger partial charge in [-0.15, -0.1) is 0 Å². The van der Waals surface area contributed by atoms with E-state index >= 15 is 0 Å². The molecule has 0 bridgehead atoms. The van der Waals surface area contributed by atoms with Gasteiger partial charge < -0.3 is 25.0 Å². The lowest BCUT2D eigenvalue weighted by Crippen LogP contribution is -2.33. The molecule has 4 N–H and O–H groups in total. The van der Waals surface area contributed by atoms with Crippen molar-refractivity contribution in [1.29, 1.82) is 0 Å². The number of ether oxygens (including phenoxy) is 1. The summed E-state index contributed by atoms with van der Waals surface area (Å²) in [7, 11) is 0. The van der Waals surface area contributed by atoms with Gasteiger partial charge in [0.15, 0.2) is 17.4 Å². The number of rotatable bonds is 2. The first kappa shape index (κ1) is 15.3. The van der Waals surface area contributed by atoms with E-state index in [0.29, 0.717) is 5.78 Å². The van der Waals surface area contributed by atoms with Crippen LogP contribution in [0.3, 0.4) is 0 Å². The smallest absolute Gasteiger partial charge is 0.287 e. The lowest BCUT2D eigenvalue weighted by Gasteiger charge is -2.16. The second-order valence-corrected chi connectivity index (χ2v) is 5.96. The van der Waals surface area contributed by atoms with E-state index in [9.17, 15) is 20.1 Å². The van der Waals surface area contributed by atoms with Crippen LogP contribution in [0.1, 0.15) is 17.6 Å². The monoisotopic (exact) mass is 335 g/mol. The zero-order chi connectivity index (χ0) is 17.2. The molecule has 0 saturated carbocycles. The Morgan fingerprint density at radius 2 is 2.08 bits per heavy atom. The first-order chi connectivity index (χ1) is 11.4. The van der Waals surface area contributed by atoms with Gasteiger partial charge in [0.05, 0.1) is 12.9 Å². The van der Waals surface area contributed by atoms with E-state index < -0.39 is 31.1 Å². The van der Waals surface area contributed by atoms with Crippen LogP contribution < -0.4 is 5.56 Å². The van der Waals surface area contributed by atoms with Crippen LogP contribution in [0.2, 0.25) is 0 Å². The van der Waals surface area contributed by atoms with Crippen molar-refractivity contribution in [3.05, 3.63) is 28.1 Å². The van der Waals surface area contributed by atoms with Gasteiger partial charge in [-0.05, 0) is 13.8 Å². The number of aryl methyl sites for hydroxylation is 2. The molecule has 3 aromatic rings. The molecule has 0 spiro atoms. The number of nitrogens with one attached hydrogen (secondary N) is 1. The molecule has 10 heteroatoms. The number of aliphatic hydroxyl groups excluding tert-OH is 3. The summed E-state index contributed by atoms with van der Waals surface area (Å²) in [5.41, 5.74) is 1.59. The highest BCUT2D eigenvalue weighted by atomic mass is 16.6. The van der Waals surface area contributed by atoms with Gasteiger partial charge in [0.2, 0.25) is 5.78 Å². The standard InChI is InChI=1S/C14H17N5O5/c1-5-6(2)19-12(23)8-11(17-14(19)16-5)18(4-15-8)13-10(22)9(21)7(3-20)24-13/h4,7,9-10,13,20-22H,3H2,1-2H3,(H,16,17). The Balaban J connectivity index is 1.92. The molecule has 4 heterocycles. The van der Waals surface area contributed by atoms with Gasteiger partial charge in [-0.25, -0.2) is 9.38 Å². The van der Waals surface area contributed by atoms with Gasteiger partial charge in [-0.2, -0.15) is 4.98 Å². The predicted octanol–water partition coefficient (Wildman–Crippen LogP) is -1.40. The van der Waals surface area contributed by atoms with Crippen molar-refractivity contribution in [1.82, 2.24) is 23.9 Å². The maximum Gasteiger partial charge on any atom is 0.287 e. The molecule has 4 atom stereocenters. The number of hydrogen-bond acceptors (Lipinski definition) is 7. The average Bonchev–Trinajstić information content (AvgIpc) is 3.18.